The molecule has 1 aliphatic rings. The number of carbonyl (C=O) groups is 1. The van der Waals surface area contributed by atoms with E-state index in [4.69, 9.17) is 16.3 Å². The molecule has 4 rings (SSSR count). The lowest BCUT2D eigenvalue weighted by Crippen LogP contribution is -2.38. The summed E-state index contributed by atoms with van der Waals surface area (Å²) >= 11 is 5.96. The van der Waals surface area contributed by atoms with Crippen molar-refractivity contribution in [1.82, 2.24) is 9.62 Å². The summed E-state index contributed by atoms with van der Waals surface area (Å²) in [7, 11) is -2.32. The first-order valence-corrected chi connectivity index (χ1v) is 14.6. The van der Waals surface area contributed by atoms with E-state index in [1.165, 1.54) is 19.2 Å². The highest BCUT2D eigenvalue weighted by atomic mass is 35.5. The lowest BCUT2D eigenvalue weighted by Gasteiger charge is -2.33. The van der Waals surface area contributed by atoms with Gasteiger partial charge in [-0.3, -0.25) is 9.69 Å². The number of sulfonamides is 1. The Kier molecular flexibility index (Phi) is 9.74. The maximum absolute atomic E-state index is 13.2. The van der Waals surface area contributed by atoms with Gasteiger partial charge in [-0.2, -0.15) is 0 Å². The number of nitrogens with one attached hydrogen (secondary N) is 1. The number of hydrogen-bond donors (Lipinski definition) is 1. The van der Waals surface area contributed by atoms with E-state index in [0.717, 1.165) is 17.5 Å². The van der Waals surface area contributed by atoms with Gasteiger partial charge in [0.15, 0.2) is 0 Å². The van der Waals surface area contributed by atoms with Crippen LogP contribution in [0.1, 0.15) is 42.9 Å². The van der Waals surface area contributed by atoms with Crippen molar-refractivity contribution >= 4 is 27.6 Å². The third kappa shape index (κ3) is 7.32. The zero-order chi connectivity index (χ0) is 27.0. The van der Waals surface area contributed by atoms with E-state index in [-0.39, 0.29) is 29.0 Å². The molecule has 3 aromatic carbocycles. The van der Waals surface area contributed by atoms with Gasteiger partial charge < -0.3 is 4.74 Å². The zero-order valence-corrected chi connectivity index (χ0v) is 22.9. The molecule has 0 bridgehead atoms. The van der Waals surface area contributed by atoms with Crippen molar-refractivity contribution in [3.8, 4) is 0 Å². The third-order valence-corrected chi connectivity index (χ3v) is 8.52. The van der Waals surface area contributed by atoms with Crippen LogP contribution in [0.25, 0.3) is 0 Å². The van der Waals surface area contributed by atoms with Crippen LogP contribution in [0.3, 0.4) is 0 Å². The zero-order valence-electron chi connectivity index (χ0n) is 21.4. The second-order valence-corrected chi connectivity index (χ2v) is 11.5. The van der Waals surface area contributed by atoms with Crippen LogP contribution < -0.4 is 4.72 Å². The number of nitrogens with zero attached hydrogens (tertiary/aromatic N) is 1. The summed E-state index contributed by atoms with van der Waals surface area (Å²) in [5, 5.41) is 0.488. The summed E-state index contributed by atoms with van der Waals surface area (Å²) in [5.74, 6) is -0.217. The van der Waals surface area contributed by atoms with Crippen LogP contribution in [-0.4, -0.2) is 45.0 Å². The molecule has 38 heavy (non-hydrogen) atoms. The van der Waals surface area contributed by atoms with Gasteiger partial charge in [-0.15, -0.1) is 0 Å². The van der Waals surface area contributed by atoms with Gasteiger partial charge in [0, 0.05) is 30.1 Å². The molecule has 1 heterocycles. The lowest BCUT2D eigenvalue weighted by molar-refractivity contribution is -0.140. The van der Waals surface area contributed by atoms with E-state index in [0.29, 0.717) is 30.8 Å². The number of ether oxygens (including phenoxy) is 1. The van der Waals surface area contributed by atoms with Crippen LogP contribution in [0.15, 0.2) is 102 Å². The highest BCUT2D eigenvalue weighted by molar-refractivity contribution is 7.89. The molecule has 1 aliphatic heterocycles. The molecule has 6 nitrogen and oxygen atoms in total. The van der Waals surface area contributed by atoms with Crippen molar-refractivity contribution in [2.24, 2.45) is 0 Å². The van der Waals surface area contributed by atoms with Gasteiger partial charge in [-0.05, 0) is 54.7 Å². The van der Waals surface area contributed by atoms with Crippen LogP contribution in [0.5, 0.6) is 0 Å². The number of halogens is 1. The Morgan fingerprint density at radius 1 is 1.03 bits per heavy atom. The van der Waals surface area contributed by atoms with Gasteiger partial charge in [-0.25, -0.2) is 13.1 Å². The number of esters is 1. The SMILES string of the molecule is COC(=O)CCCC=C[C@@H]1C[C@@H](NS(=O)(=O)c2ccc(Cl)cc2)CN1C(c1ccccc1)c1ccccc1. The summed E-state index contributed by atoms with van der Waals surface area (Å²) in [6.07, 6.45) is 6.66. The first-order chi connectivity index (χ1) is 18.4. The molecular weight excluding hydrogens is 520 g/mol. The third-order valence-electron chi connectivity index (χ3n) is 6.73. The Hall–Kier alpha value is -2.97. The Balaban J connectivity index is 1.60. The molecule has 0 aromatic heterocycles. The number of rotatable bonds is 11. The molecular formula is C30H33ClN2O4S. The topological polar surface area (TPSA) is 75.7 Å². The molecule has 1 N–H and O–H groups in total. The van der Waals surface area contributed by atoms with Crippen LogP contribution in [0, 0.1) is 0 Å². The van der Waals surface area contributed by atoms with Crippen LogP contribution in [0.4, 0.5) is 0 Å². The number of allylic oxidation sites excluding steroid dienone is 1. The van der Waals surface area contributed by atoms with Crippen molar-refractivity contribution in [3.05, 3.63) is 113 Å². The fourth-order valence-electron chi connectivity index (χ4n) is 4.93. The molecule has 8 heteroatoms. The minimum absolute atomic E-state index is 0.00328. The fourth-order valence-corrected chi connectivity index (χ4v) is 6.30. The second kappa shape index (κ2) is 13.2. The van der Waals surface area contributed by atoms with Crippen LogP contribution >= 0.6 is 11.6 Å². The van der Waals surface area contributed by atoms with E-state index in [9.17, 15) is 13.2 Å². The number of likely N-dealkylation sites (tertiary alicyclic amines) is 1. The highest BCUT2D eigenvalue weighted by Crippen LogP contribution is 2.36. The number of hydrogen-bond acceptors (Lipinski definition) is 5. The maximum atomic E-state index is 13.2. The van der Waals surface area contributed by atoms with Crippen molar-refractivity contribution in [3.63, 3.8) is 0 Å². The average Bonchev–Trinajstić information content (AvgIpc) is 3.30. The van der Waals surface area contributed by atoms with Crippen molar-refractivity contribution in [2.45, 2.75) is 48.7 Å². The van der Waals surface area contributed by atoms with Gasteiger partial charge >= 0.3 is 5.97 Å². The van der Waals surface area contributed by atoms with E-state index < -0.39 is 10.0 Å². The van der Waals surface area contributed by atoms with Gasteiger partial charge in [0.05, 0.1) is 18.0 Å². The molecule has 0 spiro atoms. The molecule has 3 aromatic rings. The predicted molar refractivity (Wildman–Crippen MR) is 150 cm³/mol. The Labute approximate surface area is 230 Å². The molecule has 0 radical (unpaired) electrons. The van der Waals surface area contributed by atoms with Gasteiger partial charge in [-0.1, -0.05) is 84.4 Å². The van der Waals surface area contributed by atoms with Gasteiger partial charge in [0.1, 0.15) is 0 Å². The van der Waals surface area contributed by atoms with Gasteiger partial charge in [0.25, 0.3) is 0 Å². The number of methoxy groups -OCH3 is 1. The average molecular weight is 553 g/mol. The molecule has 0 unspecified atom stereocenters. The summed E-state index contributed by atoms with van der Waals surface area (Å²) in [6, 6.07) is 26.4. The summed E-state index contributed by atoms with van der Waals surface area (Å²) < 4.78 is 34.0. The van der Waals surface area contributed by atoms with E-state index in [1.807, 2.05) is 36.4 Å². The van der Waals surface area contributed by atoms with Crippen molar-refractivity contribution in [1.29, 1.82) is 0 Å². The molecule has 0 amide bonds. The number of unbranched alkanes of at least 4 members (excludes halogenated alkanes) is 1. The quantitative estimate of drug-likeness (QED) is 0.186. The Morgan fingerprint density at radius 3 is 2.21 bits per heavy atom. The van der Waals surface area contributed by atoms with E-state index in [1.54, 1.807) is 12.1 Å². The summed E-state index contributed by atoms with van der Waals surface area (Å²) in [6.45, 7) is 0.540. The smallest absolute Gasteiger partial charge is 0.305 e. The summed E-state index contributed by atoms with van der Waals surface area (Å²) in [5.41, 5.74) is 2.29. The molecule has 1 saturated heterocycles. The molecule has 0 saturated carbocycles. The Bertz CT molecular complexity index is 1280. The second-order valence-electron chi connectivity index (χ2n) is 9.39. The van der Waals surface area contributed by atoms with Crippen molar-refractivity contribution in [2.75, 3.05) is 13.7 Å². The lowest BCUT2D eigenvalue weighted by atomic mass is 9.96. The predicted octanol–water partition coefficient (Wildman–Crippen LogP) is 5.75. The molecule has 200 valence electrons. The van der Waals surface area contributed by atoms with Crippen molar-refractivity contribution < 1.29 is 17.9 Å². The molecule has 2 atom stereocenters. The van der Waals surface area contributed by atoms with E-state index in [2.05, 4.69) is 46.0 Å². The highest BCUT2D eigenvalue weighted by Gasteiger charge is 2.38. The fraction of sp³-hybridized carbons (Fsp3) is 0.300. The number of benzene rings is 3. The van der Waals surface area contributed by atoms with Crippen LogP contribution in [0.2, 0.25) is 5.02 Å². The molecule has 1 fully saturated rings. The summed E-state index contributed by atoms with van der Waals surface area (Å²) in [4.78, 5) is 14.0. The minimum atomic E-state index is -3.71. The maximum Gasteiger partial charge on any atom is 0.305 e. The Morgan fingerprint density at radius 2 is 1.63 bits per heavy atom. The van der Waals surface area contributed by atoms with E-state index >= 15 is 0 Å². The number of carbonyl (C=O) groups excluding carboxylic acids is 1. The van der Waals surface area contributed by atoms with Gasteiger partial charge in [0.2, 0.25) is 10.0 Å². The first-order valence-electron chi connectivity index (χ1n) is 12.7. The van der Waals surface area contributed by atoms with Crippen LogP contribution in [-0.2, 0) is 19.6 Å². The first kappa shape index (κ1) is 28.0. The monoisotopic (exact) mass is 552 g/mol. The largest absolute Gasteiger partial charge is 0.469 e. The standard InChI is InChI=1S/C30H33ClN2O4S/c1-37-29(34)16-10-4-9-15-27-21-26(32-38(35,36)28-19-17-25(31)18-20-28)22-33(27)30(23-11-5-2-6-12-23)24-13-7-3-8-14-24/h2-3,5-9,11-15,17-20,26-27,30,32H,4,10,16,21-22H2,1H3/t26-,27-/m1/s1. The minimum Gasteiger partial charge on any atom is -0.469 e. The normalized spacial score (nSPS) is 18.3. The molecule has 0 aliphatic carbocycles.